The van der Waals surface area contributed by atoms with Gasteiger partial charge >= 0.3 is 0 Å². The van der Waals surface area contributed by atoms with Crippen molar-refractivity contribution in [2.45, 2.75) is 140 Å². The fourth-order valence-corrected chi connectivity index (χ4v) is 3.95. The van der Waals surface area contributed by atoms with E-state index in [9.17, 15) is 0 Å². The van der Waals surface area contributed by atoms with Crippen LogP contribution in [-0.4, -0.2) is 141 Å². The molecule has 0 aromatic rings. The molecule has 12 N–H and O–H groups in total. The summed E-state index contributed by atoms with van der Waals surface area (Å²) in [6.45, 7) is 36.3. The molecule has 0 aromatic carbocycles. The predicted octanol–water partition coefficient (Wildman–Crippen LogP) is 4.23. The van der Waals surface area contributed by atoms with Gasteiger partial charge < -0.3 is 63.1 Å². The van der Waals surface area contributed by atoms with E-state index in [1.54, 1.807) is 41.5 Å². The van der Waals surface area contributed by atoms with Crippen molar-refractivity contribution < 1.29 is 31.2 Å². The van der Waals surface area contributed by atoms with Crippen LogP contribution in [0.3, 0.4) is 0 Å². The van der Waals surface area contributed by atoms with Crippen LogP contribution >= 0.6 is 0 Å². The molecular weight excluding hydrogens is 708 g/mol. The summed E-state index contributed by atoms with van der Waals surface area (Å²) in [7, 11) is 0. The second-order valence-corrected chi connectivity index (χ2v) is 15.8. The van der Waals surface area contributed by atoms with Crippen LogP contribution in [0.25, 0.3) is 0 Å². The first-order valence-electron chi connectivity index (χ1n) is 19.0. The summed E-state index contributed by atoms with van der Waals surface area (Å²) >= 11 is 0. The van der Waals surface area contributed by atoms with Crippen molar-refractivity contribution in [2.75, 3.05) is 45.8 Å². The second kappa shape index (κ2) is 30.8. The van der Waals surface area contributed by atoms with E-state index < -0.39 is 0 Å². The van der Waals surface area contributed by atoms with Crippen molar-refractivity contribution in [3.05, 3.63) is 0 Å². The van der Waals surface area contributed by atoms with E-state index in [0.29, 0.717) is 58.6 Å². The maximum atomic E-state index is 8.83. The minimum Gasteiger partial charge on any atom is -0.411 e. The molecule has 0 heterocycles. The summed E-state index contributed by atoms with van der Waals surface area (Å²) in [5.74, 6) is 1.25. The van der Waals surface area contributed by atoms with Crippen LogP contribution in [-0.2, 0) is 0 Å². The Kier molecular flexibility index (Phi) is 31.3. The fraction of sp³-hybridized carbons (Fsp3) is 0.838. The summed E-state index contributed by atoms with van der Waals surface area (Å²) in [5.41, 5.74) is 3.33. The summed E-state index contributed by atoms with van der Waals surface area (Å²) in [5, 5.41) is 90.9. The number of hydrogen-bond acceptors (Lipinski definition) is 18. The Morgan fingerprint density at radius 1 is 0.436 bits per heavy atom. The van der Waals surface area contributed by atoms with Crippen LogP contribution in [0.2, 0.25) is 0 Å². The maximum Gasteiger partial charge on any atom is 0.0734 e. The molecule has 0 rings (SSSR count). The molecule has 0 saturated heterocycles. The van der Waals surface area contributed by atoms with Gasteiger partial charge in [-0.25, -0.2) is 0 Å². The highest BCUT2D eigenvalue weighted by Crippen LogP contribution is 2.09. The van der Waals surface area contributed by atoms with E-state index in [1.807, 2.05) is 48.5 Å². The molecule has 0 aliphatic rings. The standard InChI is InChI=1S/C14H30N4O2.C12H26N4O2.C11H24N4O2/c1-10(8-15-13(4,5)11(2)17-19)9-16-14(6,7)12(3)18-20;1-8(6-13-9(2)11(4)15-17)7-14-10(3)12(5)16-18;1-8(5-12-7-9(2)14-16)6-13-10(3)11(4)15-17/h10,15-16,19-20H,8-9H2,1-7H3;8-10,13-14,17-18H,6-7H2,1-5H3;8,10,12-13,16-17H,5-7H2,1-4H3/b17-11+,18-12+;15-11+,16-12+;14-9+,15-11+. The maximum absolute atomic E-state index is 8.83. The van der Waals surface area contributed by atoms with Crippen LogP contribution in [0, 0.1) is 17.8 Å². The van der Waals surface area contributed by atoms with Crippen molar-refractivity contribution in [1.29, 1.82) is 0 Å². The Bertz CT molecular complexity index is 1150. The average molecular weight is 789 g/mol. The Morgan fingerprint density at radius 2 is 0.727 bits per heavy atom. The van der Waals surface area contributed by atoms with E-state index in [0.717, 1.165) is 39.3 Å². The molecule has 0 aliphatic heterocycles. The van der Waals surface area contributed by atoms with E-state index in [-0.39, 0.29) is 29.2 Å². The van der Waals surface area contributed by atoms with Gasteiger partial charge in [-0.3, -0.25) is 0 Å². The number of rotatable bonds is 24. The zero-order valence-corrected chi connectivity index (χ0v) is 36.8. The lowest BCUT2D eigenvalue weighted by Gasteiger charge is -2.30. The predicted molar refractivity (Wildman–Crippen MR) is 226 cm³/mol. The molecule has 18 heteroatoms. The first kappa shape index (κ1) is 55.9. The highest BCUT2D eigenvalue weighted by Gasteiger charge is 2.25. The molecule has 0 bridgehead atoms. The normalized spacial score (nSPS) is 17.2. The first-order valence-corrected chi connectivity index (χ1v) is 19.0. The molecule has 0 aliphatic carbocycles. The minimum absolute atomic E-state index is 0.0654. The largest absolute Gasteiger partial charge is 0.411 e. The summed E-state index contributed by atoms with van der Waals surface area (Å²) < 4.78 is 0. The van der Waals surface area contributed by atoms with Gasteiger partial charge in [-0.1, -0.05) is 51.7 Å². The lowest BCUT2D eigenvalue weighted by Crippen LogP contribution is -2.51. The fourth-order valence-electron chi connectivity index (χ4n) is 3.95. The number of nitrogens with one attached hydrogen (secondary N) is 6. The molecule has 18 nitrogen and oxygen atoms in total. The molecule has 0 fully saturated rings. The lowest BCUT2D eigenvalue weighted by molar-refractivity contribution is 0.305. The first-order chi connectivity index (χ1) is 25.5. The zero-order valence-electron chi connectivity index (χ0n) is 36.8. The van der Waals surface area contributed by atoms with Crippen LogP contribution in [0.1, 0.15) is 111 Å². The van der Waals surface area contributed by atoms with Gasteiger partial charge in [0, 0.05) is 24.7 Å². The summed E-state index contributed by atoms with van der Waals surface area (Å²) in [6, 6.07) is 0.203. The van der Waals surface area contributed by atoms with Crippen LogP contribution < -0.4 is 31.9 Å². The third kappa shape index (κ3) is 27.8. The number of oxime groups is 6. The third-order valence-corrected chi connectivity index (χ3v) is 9.61. The third-order valence-electron chi connectivity index (χ3n) is 9.61. The monoisotopic (exact) mass is 789 g/mol. The van der Waals surface area contributed by atoms with Gasteiger partial charge in [0.1, 0.15) is 0 Å². The van der Waals surface area contributed by atoms with Crippen molar-refractivity contribution in [3.8, 4) is 0 Å². The molecule has 0 aromatic heterocycles. The smallest absolute Gasteiger partial charge is 0.0734 e. The molecule has 4 unspecified atom stereocenters. The van der Waals surface area contributed by atoms with Gasteiger partial charge in [-0.05, 0) is 147 Å². The molecule has 4 atom stereocenters. The highest BCUT2D eigenvalue weighted by molar-refractivity contribution is 5.90. The molecule has 55 heavy (non-hydrogen) atoms. The van der Waals surface area contributed by atoms with Gasteiger partial charge in [0.2, 0.25) is 0 Å². The summed E-state index contributed by atoms with van der Waals surface area (Å²) in [4.78, 5) is 0. The lowest BCUT2D eigenvalue weighted by atomic mass is 9.97. The molecule has 0 spiro atoms. The Labute approximate surface area is 331 Å². The van der Waals surface area contributed by atoms with Crippen LogP contribution in [0.15, 0.2) is 30.9 Å². The SMILES string of the molecule is C/C(=N\O)C(C)(C)NCC(C)CNC(C)(C)/C(C)=N/O.C/C(=N\O)C(C)NCC(C)CNC(C)/C(C)=N/O.C/C(CNCC(C)CNC(C)/C(C)=N/O)=N\O. The second-order valence-electron chi connectivity index (χ2n) is 15.8. The van der Waals surface area contributed by atoms with Gasteiger partial charge in [0.15, 0.2) is 0 Å². The Balaban J connectivity index is -0.000000740. The minimum atomic E-state index is -0.332. The van der Waals surface area contributed by atoms with E-state index in [1.165, 1.54) is 0 Å². The van der Waals surface area contributed by atoms with E-state index >= 15 is 0 Å². The van der Waals surface area contributed by atoms with Crippen molar-refractivity contribution in [2.24, 2.45) is 48.7 Å². The summed E-state index contributed by atoms with van der Waals surface area (Å²) in [6.07, 6.45) is 0. The van der Waals surface area contributed by atoms with Gasteiger partial charge in [0.05, 0.1) is 45.3 Å². The highest BCUT2D eigenvalue weighted by atomic mass is 16.4. The Hall–Kier alpha value is -3.42. The van der Waals surface area contributed by atoms with Crippen LogP contribution in [0.4, 0.5) is 0 Å². The van der Waals surface area contributed by atoms with Crippen LogP contribution in [0.5, 0.6) is 0 Å². The topological polar surface area (TPSA) is 268 Å². The van der Waals surface area contributed by atoms with Crippen molar-refractivity contribution in [3.63, 3.8) is 0 Å². The molecular formula is C37H80N12O6. The quantitative estimate of drug-likeness (QED) is 0.0372. The van der Waals surface area contributed by atoms with Gasteiger partial charge in [-0.15, -0.1) is 0 Å². The average Bonchev–Trinajstić information content (AvgIpc) is 3.17. The molecule has 324 valence electrons. The number of nitrogens with zero attached hydrogens (tertiary/aromatic N) is 6. The molecule has 0 saturated carbocycles. The number of hydrogen-bond donors (Lipinski definition) is 12. The molecule has 0 amide bonds. The molecule has 0 radical (unpaired) electrons. The Morgan fingerprint density at radius 3 is 1.00 bits per heavy atom. The van der Waals surface area contributed by atoms with Crippen molar-refractivity contribution >= 4 is 34.3 Å². The van der Waals surface area contributed by atoms with E-state index in [2.05, 4.69) is 83.6 Å². The van der Waals surface area contributed by atoms with E-state index in [4.69, 9.17) is 31.2 Å². The van der Waals surface area contributed by atoms with Gasteiger partial charge in [0.25, 0.3) is 0 Å². The van der Waals surface area contributed by atoms with Gasteiger partial charge in [-0.2, -0.15) is 0 Å². The zero-order chi connectivity index (χ0) is 43.4. The van der Waals surface area contributed by atoms with Crippen molar-refractivity contribution in [1.82, 2.24) is 31.9 Å².